The van der Waals surface area contributed by atoms with Gasteiger partial charge in [0, 0.05) is 6.61 Å². The van der Waals surface area contributed by atoms with Crippen molar-refractivity contribution in [2.75, 3.05) is 19.0 Å². The summed E-state index contributed by atoms with van der Waals surface area (Å²) in [4.78, 5) is 0. The molecule has 0 aromatic heterocycles. The van der Waals surface area contributed by atoms with E-state index in [-0.39, 0.29) is 12.4 Å². The van der Waals surface area contributed by atoms with Crippen molar-refractivity contribution in [2.45, 2.75) is 20.0 Å². The summed E-state index contributed by atoms with van der Waals surface area (Å²) in [7, 11) is -3.31. The standard InChI is InChI=1S/C12H18O4S/c1-2-17(13,14)16-10-6-9-15-11-12-7-4-3-5-8-12/h3-5,7-8H,2,6,9-11H2,1H3. The molecule has 0 bridgehead atoms. The van der Waals surface area contributed by atoms with Gasteiger partial charge in [-0.2, -0.15) is 8.42 Å². The second kappa shape index (κ2) is 7.42. The lowest BCUT2D eigenvalue weighted by molar-refractivity contribution is 0.108. The van der Waals surface area contributed by atoms with E-state index in [1.54, 1.807) is 6.92 Å². The van der Waals surface area contributed by atoms with E-state index in [0.29, 0.717) is 19.6 Å². The van der Waals surface area contributed by atoms with Crippen LogP contribution in [0.4, 0.5) is 0 Å². The zero-order valence-electron chi connectivity index (χ0n) is 9.96. The first-order chi connectivity index (χ1) is 8.14. The summed E-state index contributed by atoms with van der Waals surface area (Å²) >= 11 is 0. The SMILES string of the molecule is CCS(=O)(=O)OCCCOCc1ccccc1. The molecular weight excluding hydrogens is 240 g/mol. The summed E-state index contributed by atoms with van der Waals surface area (Å²) in [6.45, 7) is 2.78. The Labute approximate surface area is 103 Å². The van der Waals surface area contributed by atoms with Crippen LogP contribution in [-0.2, 0) is 25.6 Å². The number of hydrogen-bond donors (Lipinski definition) is 0. The summed E-state index contributed by atoms with van der Waals surface area (Å²) in [5.41, 5.74) is 1.11. The van der Waals surface area contributed by atoms with E-state index in [0.717, 1.165) is 5.56 Å². The van der Waals surface area contributed by atoms with Gasteiger partial charge in [-0.25, -0.2) is 0 Å². The highest BCUT2D eigenvalue weighted by Gasteiger charge is 2.05. The molecule has 1 aromatic carbocycles. The predicted molar refractivity (Wildman–Crippen MR) is 66.1 cm³/mol. The van der Waals surface area contributed by atoms with Gasteiger partial charge in [0.15, 0.2) is 0 Å². The molecule has 0 heterocycles. The van der Waals surface area contributed by atoms with Gasteiger partial charge < -0.3 is 4.74 Å². The number of rotatable bonds is 8. The van der Waals surface area contributed by atoms with E-state index in [2.05, 4.69) is 0 Å². The molecule has 0 aliphatic heterocycles. The summed E-state index contributed by atoms with van der Waals surface area (Å²) in [6.07, 6.45) is 0.575. The molecule has 0 saturated heterocycles. The molecule has 0 fully saturated rings. The van der Waals surface area contributed by atoms with Gasteiger partial charge >= 0.3 is 0 Å². The molecule has 17 heavy (non-hydrogen) atoms. The van der Waals surface area contributed by atoms with Gasteiger partial charge in [-0.05, 0) is 18.9 Å². The molecule has 0 N–H and O–H groups in total. The molecule has 4 nitrogen and oxygen atoms in total. The zero-order chi connectivity index (χ0) is 12.6. The first-order valence-corrected chi connectivity index (χ1v) is 7.20. The Balaban J connectivity index is 2.06. The van der Waals surface area contributed by atoms with Crippen molar-refractivity contribution in [3.05, 3.63) is 35.9 Å². The number of hydrogen-bond acceptors (Lipinski definition) is 4. The van der Waals surface area contributed by atoms with Crippen LogP contribution < -0.4 is 0 Å². The highest BCUT2D eigenvalue weighted by atomic mass is 32.2. The third-order valence-electron chi connectivity index (χ3n) is 2.16. The largest absolute Gasteiger partial charge is 0.377 e. The molecule has 96 valence electrons. The summed E-state index contributed by atoms with van der Waals surface area (Å²) < 4.78 is 32.1. The Morgan fingerprint density at radius 3 is 2.47 bits per heavy atom. The molecule has 0 saturated carbocycles. The van der Waals surface area contributed by atoms with Crippen molar-refractivity contribution in [2.24, 2.45) is 0 Å². The lowest BCUT2D eigenvalue weighted by Crippen LogP contribution is -2.10. The maximum Gasteiger partial charge on any atom is 0.267 e. The highest BCUT2D eigenvalue weighted by molar-refractivity contribution is 7.86. The smallest absolute Gasteiger partial charge is 0.267 e. The maximum absolute atomic E-state index is 11.0. The minimum Gasteiger partial charge on any atom is -0.377 e. The molecular formula is C12H18O4S. The monoisotopic (exact) mass is 258 g/mol. The second-order valence-electron chi connectivity index (χ2n) is 3.56. The van der Waals surface area contributed by atoms with Crippen LogP contribution in [0.3, 0.4) is 0 Å². The van der Waals surface area contributed by atoms with Crippen LogP contribution in [0.2, 0.25) is 0 Å². The first kappa shape index (κ1) is 14.2. The van der Waals surface area contributed by atoms with E-state index >= 15 is 0 Å². The fourth-order valence-electron chi connectivity index (χ4n) is 1.19. The summed E-state index contributed by atoms with van der Waals surface area (Å²) in [6, 6.07) is 9.83. The Kier molecular flexibility index (Phi) is 6.18. The summed E-state index contributed by atoms with van der Waals surface area (Å²) in [5.74, 6) is 0.0118. The van der Waals surface area contributed by atoms with Gasteiger partial charge in [-0.15, -0.1) is 0 Å². The highest BCUT2D eigenvalue weighted by Crippen LogP contribution is 2.01. The van der Waals surface area contributed by atoms with Gasteiger partial charge in [0.25, 0.3) is 10.1 Å². The van der Waals surface area contributed by atoms with E-state index in [1.807, 2.05) is 30.3 Å². The van der Waals surface area contributed by atoms with Crippen LogP contribution in [-0.4, -0.2) is 27.4 Å². The molecule has 0 amide bonds. The first-order valence-electron chi connectivity index (χ1n) is 5.63. The fraction of sp³-hybridized carbons (Fsp3) is 0.500. The molecule has 1 aromatic rings. The molecule has 0 spiro atoms. The van der Waals surface area contributed by atoms with E-state index in [9.17, 15) is 8.42 Å². The second-order valence-corrected chi connectivity index (χ2v) is 5.49. The van der Waals surface area contributed by atoms with Crippen LogP contribution in [0.25, 0.3) is 0 Å². The van der Waals surface area contributed by atoms with Gasteiger partial charge in [0.1, 0.15) is 0 Å². The zero-order valence-corrected chi connectivity index (χ0v) is 10.8. The van der Waals surface area contributed by atoms with E-state index in [4.69, 9.17) is 8.92 Å². The van der Waals surface area contributed by atoms with Gasteiger partial charge in [0.2, 0.25) is 0 Å². The molecule has 0 aliphatic rings. The van der Waals surface area contributed by atoms with Crippen molar-refractivity contribution in [3.63, 3.8) is 0 Å². The summed E-state index contributed by atoms with van der Waals surface area (Å²) in [5, 5.41) is 0. The quantitative estimate of drug-likeness (QED) is 0.528. The van der Waals surface area contributed by atoms with Crippen molar-refractivity contribution in [3.8, 4) is 0 Å². The van der Waals surface area contributed by atoms with Crippen molar-refractivity contribution in [1.29, 1.82) is 0 Å². The predicted octanol–water partition coefficient (Wildman–Crippen LogP) is 1.96. The Morgan fingerprint density at radius 1 is 1.12 bits per heavy atom. The Bertz CT molecular complexity index is 400. The van der Waals surface area contributed by atoms with Gasteiger partial charge in [-0.1, -0.05) is 30.3 Å². The van der Waals surface area contributed by atoms with Crippen LogP contribution in [0.5, 0.6) is 0 Å². The molecule has 0 unspecified atom stereocenters. The fourth-order valence-corrected chi connectivity index (χ4v) is 1.73. The molecule has 1 rings (SSSR count). The Morgan fingerprint density at radius 2 is 1.82 bits per heavy atom. The minimum atomic E-state index is -3.31. The van der Waals surface area contributed by atoms with Crippen molar-refractivity contribution < 1.29 is 17.3 Å². The molecule has 0 atom stereocenters. The lowest BCUT2D eigenvalue weighted by Gasteiger charge is -2.05. The number of ether oxygens (including phenoxy) is 1. The van der Waals surface area contributed by atoms with Crippen molar-refractivity contribution in [1.82, 2.24) is 0 Å². The number of benzene rings is 1. The Hall–Kier alpha value is -0.910. The molecule has 0 radical (unpaired) electrons. The van der Waals surface area contributed by atoms with E-state index in [1.165, 1.54) is 0 Å². The van der Waals surface area contributed by atoms with Crippen molar-refractivity contribution >= 4 is 10.1 Å². The average molecular weight is 258 g/mol. The average Bonchev–Trinajstić information content (AvgIpc) is 2.35. The third-order valence-corrected chi connectivity index (χ3v) is 3.39. The minimum absolute atomic E-state index is 0.0118. The topological polar surface area (TPSA) is 52.6 Å². The van der Waals surface area contributed by atoms with Crippen LogP contribution in [0, 0.1) is 0 Å². The van der Waals surface area contributed by atoms with Crippen LogP contribution >= 0.6 is 0 Å². The molecule has 5 heteroatoms. The molecule has 0 aliphatic carbocycles. The third kappa shape index (κ3) is 6.41. The maximum atomic E-state index is 11.0. The van der Waals surface area contributed by atoms with Gasteiger partial charge in [0.05, 0.1) is 19.0 Å². The lowest BCUT2D eigenvalue weighted by atomic mass is 10.2. The van der Waals surface area contributed by atoms with Gasteiger partial charge in [-0.3, -0.25) is 4.18 Å². The van der Waals surface area contributed by atoms with Crippen LogP contribution in [0.15, 0.2) is 30.3 Å². The normalized spacial score (nSPS) is 11.6. The van der Waals surface area contributed by atoms with Crippen LogP contribution in [0.1, 0.15) is 18.9 Å². The van der Waals surface area contributed by atoms with E-state index < -0.39 is 10.1 Å².